The fraction of sp³-hybridized carbons (Fsp3) is 0.438. The molecule has 0 aliphatic rings. The third-order valence-electron chi connectivity index (χ3n) is 3.39. The van der Waals surface area contributed by atoms with E-state index in [0.717, 1.165) is 24.5 Å². The lowest BCUT2D eigenvalue weighted by Crippen LogP contribution is -2.23. The van der Waals surface area contributed by atoms with Crippen LogP contribution in [0.1, 0.15) is 33.9 Å². The molecule has 1 unspecified atom stereocenters. The van der Waals surface area contributed by atoms with Crippen LogP contribution in [0.15, 0.2) is 30.5 Å². The van der Waals surface area contributed by atoms with Crippen molar-refractivity contribution in [3.05, 3.63) is 51.5 Å². The minimum atomic E-state index is 0.529. The van der Waals surface area contributed by atoms with E-state index in [4.69, 9.17) is 0 Å². The van der Waals surface area contributed by atoms with E-state index in [1.54, 1.807) is 0 Å². The Bertz CT molecular complexity index is 519. The van der Waals surface area contributed by atoms with Gasteiger partial charge in [0.15, 0.2) is 0 Å². The summed E-state index contributed by atoms with van der Waals surface area (Å²) in [6.45, 7) is 8.47. The van der Waals surface area contributed by atoms with Crippen molar-refractivity contribution < 1.29 is 0 Å². The van der Waals surface area contributed by atoms with Gasteiger partial charge in [0.05, 0.1) is 5.01 Å². The highest BCUT2D eigenvalue weighted by Gasteiger charge is 2.15. The van der Waals surface area contributed by atoms with E-state index >= 15 is 0 Å². The van der Waals surface area contributed by atoms with Crippen LogP contribution >= 0.6 is 11.3 Å². The molecular weight excluding hydrogens is 252 g/mol. The molecule has 0 saturated heterocycles. The fourth-order valence-corrected chi connectivity index (χ4v) is 3.27. The number of rotatable bonds is 6. The van der Waals surface area contributed by atoms with Crippen molar-refractivity contribution >= 4 is 11.3 Å². The van der Waals surface area contributed by atoms with Crippen LogP contribution in [0.4, 0.5) is 0 Å². The minimum absolute atomic E-state index is 0.529. The van der Waals surface area contributed by atoms with Crippen LogP contribution in [-0.4, -0.2) is 18.1 Å². The topological polar surface area (TPSA) is 24.9 Å². The molecule has 1 atom stereocenters. The van der Waals surface area contributed by atoms with Crippen molar-refractivity contribution in [3.63, 3.8) is 0 Å². The number of thiazole rings is 1. The Hall–Kier alpha value is -1.19. The van der Waals surface area contributed by atoms with Crippen molar-refractivity contribution in [3.8, 4) is 0 Å². The first-order valence-corrected chi connectivity index (χ1v) is 7.70. The quantitative estimate of drug-likeness (QED) is 0.869. The van der Waals surface area contributed by atoms with Gasteiger partial charge in [-0.25, -0.2) is 4.98 Å². The lowest BCUT2D eigenvalue weighted by Gasteiger charge is -2.19. The van der Waals surface area contributed by atoms with Gasteiger partial charge in [-0.1, -0.05) is 31.2 Å². The van der Waals surface area contributed by atoms with Crippen LogP contribution in [0.25, 0.3) is 0 Å². The number of likely N-dealkylation sites (N-methyl/N-ethyl adjacent to an activating group) is 1. The molecule has 0 amide bonds. The molecule has 1 aromatic heterocycles. The summed E-state index contributed by atoms with van der Waals surface area (Å²) in [6, 6.07) is 8.70. The maximum Gasteiger partial charge on any atom is 0.0896 e. The summed E-state index contributed by atoms with van der Waals surface area (Å²) in [6.07, 6.45) is 3.10. The second kappa shape index (κ2) is 6.83. The molecule has 2 aromatic rings. The van der Waals surface area contributed by atoms with E-state index in [1.165, 1.54) is 16.0 Å². The Morgan fingerprint density at radius 1 is 1.26 bits per heavy atom. The Morgan fingerprint density at radius 2 is 2.05 bits per heavy atom. The SMILES string of the molecule is CCNCC(Cc1cnc(C)s1)c1ccccc1C. The molecule has 0 aliphatic carbocycles. The molecule has 0 radical (unpaired) electrons. The predicted octanol–water partition coefficient (Wildman–Crippen LogP) is 3.70. The number of aromatic nitrogens is 1. The predicted molar refractivity (Wildman–Crippen MR) is 83.0 cm³/mol. The first-order valence-electron chi connectivity index (χ1n) is 6.88. The molecule has 0 fully saturated rings. The molecule has 0 aliphatic heterocycles. The second-order valence-corrected chi connectivity index (χ2v) is 6.23. The third kappa shape index (κ3) is 3.88. The Morgan fingerprint density at radius 3 is 2.68 bits per heavy atom. The van der Waals surface area contributed by atoms with Crippen LogP contribution in [0.2, 0.25) is 0 Å². The van der Waals surface area contributed by atoms with Crippen molar-refractivity contribution in [2.24, 2.45) is 0 Å². The van der Waals surface area contributed by atoms with E-state index in [0.29, 0.717) is 5.92 Å². The van der Waals surface area contributed by atoms with E-state index in [2.05, 4.69) is 55.3 Å². The number of benzene rings is 1. The van der Waals surface area contributed by atoms with Gasteiger partial charge >= 0.3 is 0 Å². The van der Waals surface area contributed by atoms with E-state index in [-0.39, 0.29) is 0 Å². The molecule has 2 nitrogen and oxygen atoms in total. The molecule has 0 saturated carbocycles. The maximum absolute atomic E-state index is 4.36. The van der Waals surface area contributed by atoms with Crippen molar-refractivity contribution in [2.45, 2.75) is 33.1 Å². The van der Waals surface area contributed by atoms with E-state index < -0.39 is 0 Å². The van der Waals surface area contributed by atoms with Gasteiger partial charge < -0.3 is 5.32 Å². The van der Waals surface area contributed by atoms with Crippen molar-refractivity contribution in [1.82, 2.24) is 10.3 Å². The van der Waals surface area contributed by atoms with Crippen LogP contribution in [0, 0.1) is 13.8 Å². The Labute approximate surface area is 119 Å². The molecule has 102 valence electrons. The first kappa shape index (κ1) is 14.2. The minimum Gasteiger partial charge on any atom is -0.316 e. The number of nitrogens with one attached hydrogen (secondary N) is 1. The van der Waals surface area contributed by atoms with Gasteiger partial charge in [0.2, 0.25) is 0 Å². The zero-order valence-electron chi connectivity index (χ0n) is 11.9. The smallest absolute Gasteiger partial charge is 0.0896 e. The number of aryl methyl sites for hydroxylation is 2. The molecule has 3 heteroatoms. The average Bonchev–Trinajstić information content (AvgIpc) is 2.81. The molecule has 1 N–H and O–H groups in total. The summed E-state index contributed by atoms with van der Waals surface area (Å²) in [5.41, 5.74) is 2.83. The molecule has 0 bridgehead atoms. The van der Waals surface area contributed by atoms with Gasteiger partial charge in [-0.3, -0.25) is 0 Å². The molecule has 2 rings (SSSR count). The molecular formula is C16H22N2S. The van der Waals surface area contributed by atoms with Crippen LogP contribution < -0.4 is 5.32 Å². The van der Waals surface area contributed by atoms with Gasteiger partial charge in [-0.15, -0.1) is 11.3 Å². The van der Waals surface area contributed by atoms with Crippen LogP contribution in [-0.2, 0) is 6.42 Å². The summed E-state index contributed by atoms with van der Waals surface area (Å²) in [5, 5.41) is 4.64. The molecule has 0 spiro atoms. The van der Waals surface area contributed by atoms with Crippen LogP contribution in [0.5, 0.6) is 0 Å². The standard InChI is InChI=1S/C16H22N2S/c1-4-17-10-14(9-15-11-18-13(3)19-15)16-8-6-5-7-12(16)2/h5-8,11,14,17H,4,9-10H2,1-3H3. The number of hydrogen-bond acceptors (Lipinski definition) is 3. The van der Waals surface area contributed by atoms with Crippen LogP contribution in [0.3, 0.4) is 0 Å². The highest BCUT2D eigenvalue weighted by Crippen LogP contribution is 2.25. The normalized spacial score (nSPS) is 12.6. The summed E-state index contributed by atoms with van der Waals surface area (Å²) in [5.74, 6) is 0.529. The van der Waals surface area contributed by atoms with Gasteiger partial charge in [-0.05, 0) is 37.9 Å². The van der Waals surface area contributed by atoms with E-state index in [9.17, 15) is 0 Å². The highest BCUT2D eigenvalue weighted by molar-refractivity contribution is 7.11. The summed E-state index contributed by atoms with van der Waals surface area (Å²) in [7, 11) is 0. The fourth-order valence-electron chi connectivity index (χ4n) is 2.40. The third-order valence-corrected chi connectivity index (χ3v) is 4.32. The zero-order valence-corrected chi connectivity index (χ0v) is 12.8. The summed E-state index contributed by atoms with van der Waals surface area (Å²) in [4.78, 5) is 5.74. The van der Waals surface area contributed by atoms with Gasteiger partial charge in [0.1, 0.15) is 0 Å². The van der Waals surface area contributed by atoms with Gasteiger partial charge in [-0.2, -0.15) is 0 Å². The molecule has 1 heterocycles. The Kier molecular flexibility index (Phi) is 5.11. The second-order valence-electron chi connectivity index (χ2n) is 4.91. The number of nitrogens with zero attached hydrogens (tertiary/aromatic N) is 1. The lowest BCUT2D eigenvalue weighted by atomic mass is 9.91. The maximum atomic E-state index is 4.36. The zero-order chi connectivity index (χ0) is 13.7. The van der Waals surface area contributed by atoms with Crippen molar-refractivity contribution in [1.29, 1.82) is 0 Å². The summed E-state index contributed by atoms with van der Waals surface area (Å²) >= 11 is 1.81. The van der Waals surface area contributed by atoms with E-state index in [1.807, 2.05) is 17.5 Å². The first-order chi connectivity index (χ1) is 9.20. The Balaban J connectivity index is 2.18. The van der Waals surface area contributed by atoms with Gasteiger partial charge in [0.25, 0.3) is 0 Å². The number of hydrogen-bond donors (Lipinski definition) is 1. The average molecular weight is 274 g/mol. The summed E-state index contributed by atoms with van der Waals surface area (Å²) < 4.78 is 0. The highest BCUT2D eigenvalue weighted by atomic mass is 32.1. The molecule has 19 heavy (non-hydrogen) atoms. The largest absolute Gasteiger partial charge is 0.316 e. The van der Waals surface area contributed by atoms with Gasteiger partial charge in [0, 0.05) is 23.5 Å². The van der Waals surface area contributed by atoms with Crippen molar-refractivity contribution in [2.75, 3.05) is 13.1 Å². The molecule has 1 aromatic carbocycles. The lowest BCUT2D eigenvalue weighted by molar-refractivity contribution is 0.595. The monoisotopic (exact) mass is 274 g/mol.